The molecule has 1 unspecified atom stereocenters. The number of aliphatic hydroxyl groups excluding tert-OH is 1. The molecule has 1 aromatic heterocycles. The second-order valence-corrected chi connectivity index (χ2v) is 2.76. The summed E-state index contributed by atoms with van der Waals surface area (Å²) in [6.07, 6.45) is 3.55. The zero-order valence-corrected chi connectivity index (χ0v) is 10.3. The quantitative estimate of drug-likeness (QED) is 0.669. The van der Waals surface area contributed by atoms with Crippen LogP contribution in [0.1, 0.15) is 11.9 Å². The number of aromatic nitrogens is 2. The van der Waals surface area contributed by atoms with Crippen molar-refractivity contribution in [3.05, 3.63) is 11.8 Å². The van der Waals surface area contributed by atoms with Crippen molar-refractivity contribution in [3.8, 4) is 0 Å². The number of aliphatic imine (C=N–C) groups is 1. The van der Waals surface area contributed by atoms with Crippen LogP contribution in [0.15, 0.2) is 11.2 Å². The molecule has 67 valence electrons. The molecule has 2 heterocycles. The molecule has 1 aliphatic heterocycles. The van der Waals surface area contributed by atoms with Crippen LogP contribution in [-0.2, 0) is 32.7 Å². The largest absolute Gasteiger partial charge is 0.418 e. The number of hydrogen-bond acceptors (Lipinski definition) is 4. The molecule has 1 N–H and O–H groups in total. The maximum Gasteiger partial charge on any atom is 0.197 e. The third kappa shape index (κ3) is 1.68. The maximum absolute atomic E-state index is 9.55. The van der Waals surface area contributed by atoms with Crippen molar-refractivity contribution in [1.82, 2.24) is 14.7 Å². The van der Waals surface area contributed by atoms with Gasteiger partial charge in [0.1, 0.15) is 0 Å². The standard InChI is InChI=1S/C7H9N4O.Y/c1-5-3-9-11-6(5)8-4-10(2)7(11)12;/h3,7,12H,1-2H3;/q-1;. The van der Waals surface area contributed by atoms with Crippen LogP contribution in [0, 0.1) is 6.92 Å². The van der Waals surface area contributed by atoms with Crippen LogP contribution in [0.25, 0.3) is 0 Å². The average Bonchev–Trinajstić information content (AvgIpc) is 2.41. The predicted molar refractivity (Wildman–Crippen MR) is 43.1 cm³/mol. The summed E-state index contributed by atoms with van der Waals surface area (Å²) in [4.78, 5) is 5.46. The first kappa shape index (κ1) is 10.8. The summed E-state index contributed by atoms with van der Waals surface area (Å²) in [5, 5.41) is 13.5. The molecule has 0 saturated heterocycles. The zero-order valence-electron chi connectivity index (χ0n) is 7.47. The van der Waals surface area contributed by atoms with Gasteiger partial charge in [-0.1, -0.05) is 18.8 Å². The molecule has 0 fully saturated rings. The fourth-order valence-corrected chi connectivity index (χ4v) is 1.09. The molecular formula is C7H9N4OY-. The van der Waals surface area contributed by atoms with E-state index in [2.05, 4.69) is 16.4 Å². The average molecular weight is 254 g/mol. The Balaban J connectivity index is 0.000000845. The van der Waals surface area contributed by atoms with Gasteiger partial charge < -0.3 is 15.0 Å². The molecule has 0 aliphatic carbocycles. The van der Waals surface area contributed by atoms with E-state index in [0.29, 0.717) is 5.82 Å². The van der Waals surface area contributed by atoms with Gasteiger partial charge >= 0.3 is 0 Å². The summed E-state index contributed by atoms with van der Waals surface area (Å²) in [6, 6.07) is 0. The van der Waals surface area contributed by atoms with Gasteiger partial charge in [-0.25, -0.2) is 0 Å². The molecule has 0 aromatic carbocycles. The number of rotatable bonds is 0. The van der Waals surface area contributed by atoms with Crippen LogP contribution in [0.2, 0.25) is 0 Å². The van der Waals surface area contributed by atoms with E-state index in [9.17, 15) is 5.11 Å². The van der Waals surface area contributed by atoms with Crippen molar-refractivity contribution in [1.29, 1.82) is 0 Å². The SMILES string of the molecule is Cc1cnn2c1N=[C-]N(C)C2O.[Y]. The third-order valence-corrected chi connectivity index (χ3v) is 1.82. The predicted octanol–water partition coefficient (Wildman–Crippen LogP) is 0.120. The molecule has 0 spiro atoms. The Labute approximate surface area is 101 Å². The van der Waals surface area contributed by atoms with E-state index in [4.69, 9.17) is 0 Å². The van der Waals surface area contributed by atoms with Gasteiger partial charge in [0.15, 0.2) is 6.35 Å². The van der Waals surface area contributed by atoms with E-state index in [1.54, 1.807) is 13.2 Å². The molecule has 6 heteroatoms. The smallest absolute Gasteiger partial charge is 0.197 e. The molecular weight excluding hydrogens is 245 g/mol. The molecule has 1 aromatic rings. The van der Waals surface area contributed by atoms with E-state index in [-0.39, 0.29) is 32.7 Å². The van der Waals surface area contributed by atoms with Gasteiger partial charge in [0.05, 0.1) is 0 Å². The van der Waals surface area contributed by atoms with E-state index >= 15 is 0 Å². The minimum absolute atomic E-state index is 0. The first-order valence-corrected chi connectivity index (χ1v) is 3.61. The fourth-order valence-electron chi connectivity index (χ4n) is 1.09. The molecule has 5 nitrogen and oxygen atoms in total. The van der Waals surface area contributed by atoms with Gasteiger partial charge in [-0.05, 0) is 7.05 Å². The van der Waals surface area contributed by atoms with E-state index in [1.165, 1.54) is 9.58 Å². The van der Waals surface area contributed by atoms with Crippen molar-refractivity contribution in [2.24, 2.45) is 4.99 Å². The molecule has 2 rings (SSSR count). The van der Waals surface area contributed by atoms with E-state index < -0.39 is 6.35 Å². The number of nitrogens with zero attached hydrogens (tertiary/aromatic N) is 4. The Morgan fingerprint density at radius 3 is 3.00 bits per heavy atom. The summed E-state index contributed by atoms with van der Waals surface area (Å²) in [5.41, 5.74) is 0.939. The molecule has 1 aliphatic rings. The van der Waals surface area contributed by atoms with Crippen molar-refractivity contribution in [2.75, 3.05) is 7.05 Å². The number of hydrogen-bond donors (Lipinski definition) is 1. The number of aliphatic hydroxyl groups is 1. The van der Waals surface area contributed by atoms with Crippen molar-refractivity contribution in [3.63, 3.8) is 0 Å². The number of fused-ring (bicyclic) bond motifs is 1. The first-order chi connectivity index (χ1) is 5.70. The summed E-state index contributed by atoms with van der Waals surface area (Å²) in [5.74, 6) is 0.667. The second kappa shape index (κ2) is 3.86. The van der Waals surface area contributed by atoms with Crippen LogP contribution in [0.3, 0.4) is 0 Å². The summed E-state index contributed by atoms with van der Waals surface area (Å²) >= 11 is 0. The topological polar surface area (TPSA) is 53.7 Å². The Bertz CT molecular complexity index is 335. The van der Waals surface area contributed by atoms with Gasteiger partial charge in [0.2, 0.25) is 0 Å². The van der Waals surface area contributed by atoms with E-state index in [0.717, 1.165) is 5.56 Å². The Morgan fingerprint density at radius 1 is 1.62 bits per heavy atom. The third-order valence-electron chi connectivity index (χ3n) is 1.82. The van der Waals surface area contributed by atoms with Crippen molar-refractivity contribution >= 4 is 12.2 Å². The Hall–Kier alpha value is -0.256. The normalized spacial score (nSPS) is 19.6. The minimum atomic E-state index is -0.786. The second-order valence-electron chi connectivity index (χ2n) is 2.76. The van der Waals surface area contributed by atoms with Crippen molar-refractivity contribution < 1.29 is 37.8 Å². The first-order valence-electron chi connectivity index (χ1n) is 3.61. The van der Waals surface area contributed by atoms with Gasteiger partial charge in [0.25, 0.3) is 0 Å². The van der Waals surface area contributed by atoms with Gasteiger partial charge in [-0.2, -0.15) is 5.10 Å². The van der Waals surface area contributed by atoms with Crippen LogP contribution in [0.4, 0.5) is 5.82 Å². The maximum atomic E-state index is 9.55. The van der Waals surface area contributed by atoms with Crippen LogP contribution in [0.5, 0.6) is 0 Å². The van der Waals surface area contributed by atoms with Crippen molar-refractivity contribution in [2.45, 2.75) is 13.3 Å². The number of aryl methyl sites for hydroxylation is 1. The molecule has 1 radical (unpaired) electrons. The zero-order chi connectivity index (χ0) is 8.72. The van der Waals surface area contributed by atoms with Crippen LogP contribution >= 0.6 is 0 Å². The summed E-state index contributed by atoms with van der Waals surface area (Å²) in [6.45, 7) is 1.89. The molecule has 1 atom stereocenters. The molecule has 0 bridgehead atoms. The Kier molecular flexibility index (Phi) is 3.21. The summed E-state index contributed by atoms with van der Waals surface area (Å²) in [7, 11) is 1.69. The Morgan fingerprint density at radius 2 is 2.31 bits per heavy atom. The van der Waals surface area contributed by atoms with Gasteiger partial charge in [0, 0.05) is 44.7 Å². The molecule has 13 heavy (non-hydrogen) atoms. The van der Waals surface area contributed by atoms with Crippen LogP contribution < -0.4 is 0 Å². The molecule has 0 amide bonds. The van der Waals surface area contributed by atoms with E-state index in [1.807, 2.05) is 6.92 Å². The van der Waals surface area contributed by atoms with Crippen LogP contribution in [-0.4, -0.2) is 33.2 Å². The monoisotopic (exact) mass is 254 g/mol. The summed E-state index contributed by atoms with van der Waals surface area (Å²) < 4.78 is 1.45. The minimum Gasteiger partial charge on any atom is -0.418 e. The fraction of sp³-hybridized carbons (Fsp3) is 0.429. The van der Waals surface area contributed by atoms with Gasteiger partial charge in [-0.15, -0.1) is 0 Å². The molecule has 0 saturated carbocycles. The van der Waals surface area contributed by atoms with Gasteiger partial charge in [-0.3, -0.25) is 4.68 Å².